The van der Waals surface area contributed by atoms with Gasteiger partial charge in [-0.2, -0.15) is 4.31 Å². The number of benzene rings is 1. The molecule has 1 aromatic carbocycles. The van der Waals surface area contributed by atoms with Crippen molar-refractivity contribution in [3.63, 3.8) is 0 Å². The number of carbonyl (C=O) groups excluding carboxylic acids is 1. The zero-order chi connectivity index (χ0) is 21.3. The monoisotopic (exact) mass is 447 g/mol. The lowest BCUT2D eigenvalue weighted by molar-refractivity contribution is -0.137. The molecule has 2 saturated heterocycles. The van der Waals surface area contributed by atoms with Crippen molar-refractivity contribution < 1.29 is 13.2 Å². The average Bonchev–Trinajstić information content (AvgIpc) is 3.29. The Balaban J connectivity index is 1.41. The molecule has 4 rings (SSSR count). The summed E-state index contributed by atoms with van der Waals surface area (Å²) in [4.78, 5) is 17.5. The number of hydrogen-bond donors (Lipinski definition) is 0. The summed E-state index contributed by atoms with van der Waals surface area (Å²) in [6.45, 7) is 7.14. The molecule has 0 bridgehead atoms. The van der Waals surface area contributed by atoms with Crippen LogP contribution < -0.4 is 4.90 Å². The molecule has 0 N–H and O–H groups in total. The van der Waals surface area contributed by atoms with Gasteiger partial charge in [0, 0.05) is 44.5 Å². The molecule has 3 heterocycles. The van der Waals surface area contributed by atoms with E-state index in [1.807, 2.05) is 4.90 Å². The van der Waals surface area contributed by atoms with Crippen LogP contribution in [0.15, 0.2) is 46.0 Å². The first kappa shape index (κ1) is 21.3. The predicted molar refractivity (Wildman–Crippen MR) is 120 cm³/mol. The van der Waals surface area contributed by atoms with E-state index in [0.29, 0.717) is 23.8 Å². The van der Waals surface area contributed by atoms with Crippen molar-refractivity contribution >= 4 is 33.0 Å². The number of amides is 1. The average molecular weight is 448 g/mol. The standard InChI is InChI=1S/C22H29N3O3S2/c1-17-6-3-8-20(14-17)25-12-11-23(15-18(25)2)22(26)19-7-4-10-24(16-19)30(27,28)21-9-5-13-29-21/h3,5-6,8-9,13-14,18-19H,4,7,10-12,15-16H2,1-2H3. The number of hydrogen-bond acceptors (Lipinski definition) is 5. The van der Waals surface area contributed by atoms with Gasteiger partial charge in [-0.1, -0.05) is 18.2 Å². The van der Waals surface area contributed by atoms with Crippen LogP contribution in [0.2, 0.25) is 0 Å². The molecule has 2 aliphatic heterocycles. The Hall–Kier alpha value is -1.90. The molecule has 30 heavy (non-hydrogen) atoms. The second-order valence-electron chi connectivity index (χ2n) is 8.30. The number of thiophene rings is 1. The van der Waals surface area contributed by atoms with Crippen LogP contribution in [0.5, 0.6) is 0 Å². The quantitative estimate of drug-likeness (QED) is 0.722. The lowest BCUT2D eigenvalue weighted by Gasteiger charge is -2.43. The maximum absolute atomic E-state index is 13.2. The van der Waals surface area contributed by atoms with Gasteiger partial charge in [0.2, 0.25) is 5.91 Å². The van der Waals surface area contributed by atoms with Crippen LogP contribution in [0.1, 0.15) is 25.3 Å². The Morgan fingerprint density at radius 3 is 2.63 bits per heavy atom. The first-order valence-electron chi connectivity index (χ1n) is 10.5. The van der Waals surface area contributed by atoms with E-state index in [1.54, 1.807) is 17.5 Å². The lowest BCUT2D eigenvalue weighted by atomic mass is 9.97. The van der Waals surface area contributed by atoms with E-state index in [0.717, 1.165) is 19.4 Å². The topological polar surface area (TPSA) is 60.9 Å². The maximum atomic E-state index is 13.2. The molecule has 0 spiro atoms. The minimum absolute atomic E-state index is 0.0943. The van der Waals surface area contributed by atoms with Crippen LogP contribution in [0.25, 0.3) is 0 Å². The molecule has 2 unspecified atom stereocenters. The predicted octanol–water partition coefficient (Wildman–Crippen LogP) is 3.19. The highest BCUT2D eigenvalue weighted by Gasteiger charge is 2.37. The van der Waals surface area contributed by atoms with Crippen molar-refractivity contribution in [3.05, 3.63) is 47.3 Å². The van der Waals surface area contributed by atoms with E-state index < -0.39 is 10.0 Å². The zero-order valence-corrected chi connectivity index (χ0v) is 19.2. The Bertz CT molecular complexity index is 991. The number of carbonyl (C=O) groups is 1. The summed E-state index contributed by atoms with van der Waals surface area (Å²) in [5.74, 6) is -0.164. The van der Waals surface area contributed by atoms with Crippen LogP contribution in [0.3, 0.4) is 0 Å². The molecule has 0 saturated carbocycles. The van der Waals surface area contributed by atoms with E-state index >= 15 is 0 Å². The van der Waals surface area contributed by atoms with Crippen LogP contribution in [0.4, 0.5) is 5.69 Å². The van der Waals surface area contributed by atoms with Crippen LogP contribution in [0, 0.1) is 12.8 Å². The number of rotatable bonds is 4. The van der Waals surface area contributed by atoms with Gasteiger partial charge in [0.25, 0.3) is 10.0 Å². The Morgan fingerprint density at radius 2 is 1.93 bits per heavy atom. The summed E-state index contributed by atoms with van der Waals surface area (Å²) in [7, 11) is -3.50. The second-order valence-corrected chi connectivity index (χ2v) is 11.4. The molecular formula is C22H29N3O3S2. The summed E-state index contributed by atoms with van der Waals surface area (Å²) in [6.07, 6.45) is 1.47. The largest absolute Gasteiger partial charge is 0.365 e. The van der Waals surface area contributed by atoms with Crippen LogP contribution in [-0.4, -0.2) is 62.3 Å². The molecule has 0 aliphatic carbocycles. The second kappa shape index (κ2) is 8.69. The van der Waals surface area contributed by atoms with Gasteiger partial charge in [-0.05, 0) is 55.8 Å². The molecular weight excluding hydrogens is 418 g/mol. The molecule has 162 valence electrons. The summed E-state index contributed by atoms with van der Waals surface area (Å²) in [5.41, 5.74) is 2.42. The van der Waals surface area contributed by atoms with Crippen molar-refractivity contribution in [1.29, 1.82) is 0 Å². The molecule has 2 atom stereocenters. The van der Waals surface area contributed by atoms with E-state index in [1.165, 1.54) is 26.9 Å². The number of piperidine rings is 1. The summed E-state index contributed by atoms with van der Waals surface area (Å²) < 4.78 is 27.6. The van der Waals surface area contributed by atoms with Crippen molar-refractivity contribution in [1.82, 2.24) is 9.21 Å². The summed E-state index contributed by atoms with van der Waals surface area (Å²) in [5, 5.41) is 1.77. The molecule has 0 radical (unpaired) electrons. The highest BCUT2D eigenvalue weighted by molar-refractivity contribution is 7.91. The fourth-order valence-electron chi connectivity index (χ4n) is 4.51. The van der Waals surface area contributed by atoms with E-state index in [2.05, 4.69) is 43.0 Å². The highest BCUT2D eigenvalue weighted by Crippen LogP contribution is 2.28. The highest BCUT2D eigenvalue weighted by atomic mass is 32.2. The molecule has 2 fully saturated rings. The number of aryl methyl sites for hydroxylation is 1. The normalized spacial score (nSPS) is 23.5. The number of sulfonamides is 1. The van der Waals surface area contributed by atoms with Gasteiger partial charge in [-0.3, -0.25) is 4.79 Å². The summed E-state index contributed by atoms with van der Waals surface area (Å²) in [6, 6.07) is 12.1. The SMILES string of the molecule is Cc1cccc(N2CCN(C(=O)C3CCCN(S(=O)(=O)c4cccs4)C3)CC2C)c1. The lowest BCUT2D eigenvalue weighted by Crippen LogP contribution is -2.56. The van der Waals surface area contributed by atoms with E-state index in [9.17, 15) is 13.2 Å². The summed E-state index contributed by atoms with van der Waals surface area (Å²) >= 11 is 1.23. The van der Waals surface area contributed by atoms with Gasteiger partial charge in [-0.25, -0.2) is 8.42 Å². The number of piperazine rings is 1. The van der Waals surface area contributed by atoms with Crippen molar-refractivity contribution in [2.75, 3.05) is 37.6 Å². The van der Waals surface area contributed by atoms with Crippen LogP contribution >= 0.6 is 11.3 Å². The van der Waals surface area contributed by atoms with Gasteiger partial charge >= 0.3 is 0 Å². The molecule has 2 aliphatic rings. The van der Waals surface area contributed by atoms with Crippen molar-refractivity contribution in [3.8, 4) is 0 Å². The van der Waals surface area contributed by atoms with E-state index in [4.69, 9.17) is 0 Å². The minimum atomic E-state index is -3.50. The maximum Gasteiger partial charge on any atom is 0.252 e. The zero-order valence-electron chi connectivity index (χ0n) is 17.5. The Kier molecular flexibility index (Phi) is 6.18. The Labute approximate surface area is 183 Å². The third-order valence-corrected chi connectivity index (χ3v) is 9.33. The number of anilines is 1. The Morgan fingerprint density at radius 1 is 1.10 bits per heavy atom. The molecule has 1 amide bonds. The van der Waals surface area contributed by atoms with Gasteiger partial charge in [0.1, 0.15) is 4.21 Å². The van der Waals surface area contributed by atoms with Gasteiger partial charge < -0.3 is 9.80 Å². The third-order valence-electron chi connectivity index (χ3n) is 6.10. The fourth-order valence-corrected chi connectivity index (χ4v) is 7.17. The fraction of sp³-hybridized carbons (Fsp3) is 0.500. The molecule has 1 aromatic heterocycles. The number of nitrogens with zero attached hydrogens (tertiary/aromatic N) is 3. The minimum Gasteiger partial charge on any atom is -0.365 e. The van der Waals surface area contributed by atoms with Gasteiger partial charge in [-0.15, -0.1) is 11.3 Å². The molecule has 8 heteroatoms. The molecule has 6 nitrogen and oxygen atoms in total. The van der Waals surface area contributed by atoms with Gasteiger partial charge in [0.15, 0.2) is 0 Å². The van der Waals surface area contributed by atoms with Crippen molar-refractivity contribution in [2.45, 2.75) is 36.9 Å². The smallest absolute Gasteiger partial charge is 0.252 e. The van der Waals surface area contributed by atoms with Gasteiger partial charge in [0.05, 0.1) is 5.92 Å². The first-order chi connectivity index (χ1) is 14.4. The third kappa shape index (κ3) is 4.26. The van der Waals surface area contributed by atoms with Crippen molar-refractivity contribution in [2.24, 2.45) is 5.92 Å². The van der Waals surface area contributed by atoms with E-state index in [-0.39, 0.29) is 24.4 Å². The first-order valence-corrected chi connectivity index (χ1v) is 12.8. The van der Waals surface area contributed by atoms with Crippen LogP contribution in [-0.2, 0) is 14.8 Å². The molecule has 2 aromatic rings.